The van der Waals surface area contributed by atoms with Crippen molar-refractivity contribution in [3.05, 3.63) is 34.8 Å². The number of ether oxygens (including phenoxy) is 1. The Labute approximate surface area is 111 Å². The average Bonchev–Trinajstić information content (AvgIpc) is 2.91. The number of nitrogens with zero attached hydrogens (tertiary/aromatic N) is 1. The highest BCUT2D eigenvalue weighted by molar-refractivity contribution is 7.09. The minimum absolute atomic E-state index is 0.221. The van der Waals surface area contributed by atoms with Crippen molar-refractivity contribution in [2.24, 2.45) is 0 Å². The molecule has 0 aliphatic carbocycles. The second kappa shape index (κ2) is 5.73. The molecule has 18 heavy (non-hydrogen) atoms. The van der Waals surface area contributed by atoms with E-state index >= 15 is 0 Å². The smallest absolute Gasteiger partial charge is 0.143 e. The summed E-state index contributed by atoms with van der Waals surface area (Å²) in [6.45, 7) is 2.13. The van der Waals surface area contributed by atoms with E-state index in [1.165, 1.54) is 0 Å². The number of nitrogen functional groups attached to an aromatic ring is 1. The summed E-state index contributed by atoms with van der Waals surface area (Å²) in [5.41, 5.74) is 7.43. The van der Waals surface area contributed by atoms with E-state index in [1.54, 1.807) is 18.4 Å². The molecule has 0 fully saturated rings. The summed E-state index contributed by atoms with van der Waals surface area (Å²) >= 11 is 1.66. The van der Waals surface area contributed by atoms with E-state index in [-0.39, 0.29) is 6.04 Å². The van der Waals surface area contributed by atoms with E-state index in [0.29, 0.717) is 11.4 Å². The van der Waals surface area contributed by atoms with Crippen molar-refractivity contribution in [3.63, 3.8) is 0 Å². The first-order valence-corrected chi connectivity index (χ1v) is 6.72. The average molecular weight is 263 g/mol. The van der Waals surface area contributed by atoms with E-state index < -0.39 is 0 Å². The van der Waals surface area contributed by atoms with Gasteiger partial charge in [0.15, 0.2) is 0 Å². The van der Waals surface area contributed by atoms with Crippen LogP contribution in [0.5, 0.6) is 5.75 Å². The van der Waals surface area contributed by atoms with Crippen LogP contribution in [0.25, 0.3) is 0 Å². The maximum atomic E-state index is 5.79. The second-order valence-corrected chi connectivity index (χ2v) is 4.86. The Kier molecular flexibility index (Phi) is 4.04. The maximum Gasteiger partial charge on any atom is 0.143 e. The van der Waals surface area contributed by atoms with Crippen LogP contribution in [0.3, 0.4) is 0 Å². The standard InChI is InChI=1S/C13H17N3OS/c1-3-11(13-15-6-7-18-13)16-9-4-5-10(14)12(8-9)17-2/h4-8,11,16H,3,14H2,1-2H3. The Balaban J connectivity index is 2.17. The number of rotatable bonds is 5. The molecule has 0 amide bonds. The molecule has 1 aromatic carbocycles. The fraction of sp³-hybridized carbons (Fsp3) is 0.308. The number of nitrogens with one attached hydrogen (secondary N) is 1. The summed E-state index contributed by atoms with van der Waals surface area (Å²) < 4.78 is 5.21. The van der Waals surface area contributed by atoms with Gasteiger partial charge in [-0.05, 0) is 18.6 Å². The van der Waals surface area contributed by atoms with Gasteiger partial charge in [-0.1, -0.05) is 6.92 Å². The van der Waals surface area contributed by atoms with E-state index in [0.717, 1.165) is 17.1 Å². The fourth-order valence-corrected chi connectivity index (χ4v) is 2.52. The van der Waals surface area contributed by atoms with Crippen molar-refractivity contribution in [3.8, 4) is 5.75 Å². The third kappa shape index (κ3) is 2.73. The Hall–Kier alpha value is -1.75. The summed E-state index contributed by atoms with van der Waals surface area (Å²) in [4.78, 5) is 4.34. The van der Waals surface area contributed by atoms with Gasteiger partial charge in [-0.25, -0.2) is 4.98 Å². The molecule has 0 aliphatic rings. The summed E-state index contributed by atoms with van der Waals surface area (Å²) in [6.07, 6.45) is 2.80. The lowest BCUT2D eigenvalue weighted by Crippen LogP contribution is -2.09. The van der Waals surface area contributed by atoms with Gasteiger partial charge in [-0.3, -0.25) is 0 Å². The van der Waals surface area contributed by atoms with Crippen molar-refractivity contribution in [2.75, 3.05) is 18.2 Å². The molecule has 0 bridgehead atoms. The number of anilines is 2. The Morgan fingerprint density at radius 3 is 2.94 bits per heavy atom. The van der Waals surface area contributed by atoms with Gasteiger partial charge in [0.25, 0.3) is 0 Å². The van der Waals surface area contributed by atoms with E-state index in [4.69, 9.17) is 10.5 Å². The van der Waals surface area contributed by atoms with E-state index in [1.807, 2.05) is 29.8 Å². The molecule has 0 aliphatic heterocycles. The predicted molar refractivity (Wildman–Crippen MR) is 76.2 cm³/mol. The van der Waals surface area contributed by atoms with Crippen LogP contribution >= 0.6 is 11.3 Å². The molecule has 4 nitrogen and oxygen atoms in total. The normalized spacial score (nSPS) is 12.1. The number of hydrogen-bond donors (Lipinski definition) is 2. The molecule has 2 rings (SSSR count). The molecule has 96 valence electrons. The minimum atomic E-state index is 0.221. The molecular weight excluding hydrogens is 246 g/mol. The molecule has 1 unspecified atom stereocenters. The van der Waals surface area contributed by atoms with Crippen LogP contribution in [0.4, 0.5) is 11.4 Å². The Morgan fingerprint density at radius 2 is 2.33 bits per heavy atom. The largest absolute Gasteiger partial charge is 0.495 e. The first-order chi connectivity index (χ1) is 8.74. The SMILES string of the molecule is CCC(Nc1ccc(N)c(OC)c1)c1nccs1. The lowest BCUT2D eigenvalue weighted by atomic mass is 10.2. The van der Waals surface area contributed by atoms with Crippen molar-refractivity contribution in [1.29, 1.82) is 0 Å². The molecule has 1 aromatic heterocycles. The highest BCUT2D eigenvalue weighted by Crippen LogP contribution is 2.29. The van der Waals surface area contributed by atoms with Crippen molar-refractivity contribution in [1.82, 2.24) is 4.98 Å². The summed E-state index contributed by atoms with van der Waals surface area (Å²) in [7, 11) is 1.62. The molecule has 2 aromatic rings. The third-order valence-electron chi connectivity index (χ3n) is 2.73. The number of thiazole rings is 1. The number of nitrogens with two attached hydrogens (primary N) is 1. The zero-order valence-electron chi connectivity index (χ0n) is 10.5. The van der Waals surface area contributed by atoms with Gasteiger partial charge in [0.1, 0.15) is 10.8 Å². The fourth-order valence-electron chi connectivity index (χ4n) is 1.75. The monoisotopic (exact) mass is 263 g/mol. The third-order valence-corrected chi connectivity index (χ3v) is 3.62. The Morgan fingerprint density at radius 1 is 1.50 bits per heavy atom. The van der Waals surface area contributed by atoms with Crippen LogP contribution in [0, 0.1) is 0 Å². The van der Waals surface area contributed by atoms with Gasteiger partial charge in [0.2, 0.25) is 0 Å². The van der Waals surface area contributed by atoms with Crippen molar-refractivity contribution < 1.29 is 4.74 Å². The number of hydrogen-bond acceptors (Lipinski definition) is 5. The van der Waals surface area contributed by atoms with Crippen LogP contribution in [0.2, 0.25) is 0 Å². The molecule has 0 radical (unpaired) electrons. The lowest BCUT2D eigenvalue weighted by molar-refractivity contribution is 0.417. The topological polar surface area (TPSA) is 60.2 Å². The van der Waals surface area contributed by atoms with Gasteiger partial charge >= 0.3 is 0 Å². The molecule has 0 spiro atoms. The number of aromatic nitrogens is 1. The number of methoxy groups -OCH3 is 1. The lowest BCUT2D eigenvalue weighted by Gasteiger charge is -2.17. The molecule has 0 saturated heterocycles. The summed E-state index contributed by atoms with van der Waals surface area (Å²) in [5.74, 6) is 0.689. The van der Waals surface area contributed by atoms with Crippen LogP contribution in [0.1, 0.15) is 24.4 Å². The van der Waals surface area contributed by atoms with E-state index in [2.05, 4.69) is 17.2 Å². The molecular formula is C13H17N3OS. The first kappa shape index (κ1) is 12.7. The highest BCUT2D eigenvalue weighted by atomic mass is 32.1. The van der Waals surface area contributed by atoms with Crippen LogP contribution in [-0.4, -0.2) is 12.1 Å². The van der Waals surface area contributed by atoms with Crippen LogP contribution in [0.15, 0.2) is 29.8 Å². The van der Waals surface area contributed by atoms with Gasteiger partial charge < -0.3 is 15.8 Å². The summed E-state index contributed by atoms with van der Waals surface area (Å²) in [5, 5.41) is 6.53. The zero-order valence-corrected chi connectivity index (χ0v) is 11.3. The van der Waals surface area contributed by atoms with Gasteiger partial charge in [-0.15, -0.1) is 11.3 Å². The van der Waals surface area contributed by atoms with Crippen LogP contribution in [-0.2, 0) is 0 Å². The molecule has 0 saturated carbocycles. The maximum absolute atomic E-state index is 5.79. The second-order valence-electron chi connectivity index (χ2n) is 3.93. The molecule has 1 atom stereocenters. The first-order valence-electron chi connectivity index (χ1n) is 5.84. The van der Waals surface area contributed by atoms with Crippen molar-refractivity contribution in [2.45, 2.75) is 19.4 Å². The molecule has 3 N–H and O–H groups in total. The van der Waals surface area contributed by atoms with E-state index in [9.17, 15) is 0 Å². The number of benzene rings is 1. The quantitative estimate of drug-likeness (QED) is 0.813. The zero-order chi connectivity index (χ0) is 13.0. The highest BCUT2D eigenvalue weighted by Gasteiger charge is 2.12. The van der Waals surface area contributed by atoms with Gasteiger partial charge in [0.05, 0.1) is 18.8 Å². The molecule has 5 heteroatoms. The molecule has 1 heterocycles. The predicted octanol–water partition coefficient (Wildman–Crippen LogP) is 3.30. The Bertz CT molecular complexity index is 499. The van der Waals surface area contributed by atoms with Crippen LogP contribution < -0.4 is 15.8 Å². The summed E-state index contributed by atoms with van der Waals surface area (Å²) in [6, 6.07) is 5.92. The van der Waals surface area contributed by atoms with Gasteiger partial charge in [-0.2, -0.15) is 0 Å². The van der Waals surface area contributed by atoms with Gasteiger partial charge in [0, 0.05) is 23.3 Å². The minimum Gasteiger partial charge on any atom is -0.495 e. The van der Waals surface area contributed by atoms with Crippen molar-refractivity contribution >= 4 is 22.7 Å².